The minimum absolute atomic E-state index is 0.233. The van der Waals surface area contributed by atoms with Crippen LogP contribution in [0.1, 0.15) is 24.8 Å². The molecule has 0 aromatic heterocycles. The summed E-state index contributed by atoms with van der Waals surface area (Å²) in [5, 5.41) is 1.88. The van der Waals surface area contributed by atoms with Crippen molar-refractivity contribution < 1.29 is 9.18 Å². The maximum atomic E-state index is 13.2. The van der Waals surface area contributed by atoms with E-state index >= 15 is 0 Å². The molecule has 0 amide bonds. The van der Waals surface area contributed by atoms with Gasteiger partial charge >= 0.3 is 0 Å². The Bertz CT molecular complexity index is 584. The van der Waals surface area contributed by atoms with E-state index < -0.39 is 0 Å². The number of hydrogen-bond acceptors (Lipinski definition) is 1. The molecule has 2 aromatic carbocycles. The lowest BCUT2D eigenvalue weighted by atomic mass is 9.65. The van der Waals surface area contributed by atoms with E-state index in [0.29, 0.717) is 0 Å². The minimum atomic E-state index is -0.305. The molecule has 1 saturated carbocycles. The Hall–Kier alpha value is -1.70. The number of rotatable bonds is 2. The third-order valence-corrected chi connectivity index (χ3v) is 3.85. The normalized spacial score (nSPS) is 17.7. The Kier molecular flexibility index (Phi) is 2.25. The Balaban J connectivity index is 2.15. The first-order chi connectivity index (χ1) is 8.23. The van der Waals surface area contributed by atoms with Crippen molar-refractivity contribution in [3.8, 4) is 0 Å². The molecule has 0 unspecified atom stereocenters. The van der Waals surface area contributed by atoms with Crippen LogP contribution in [0.2, 0.25) is 0 Å². The summed E-state index contributed by atoms with van der Waals surface area (Å²) in [6.07, 6.45) is 3.98. The Labute approximate surface area is 99.3 Å². The fourth-order valence-electron chi connectivity index (χ4n) is 2.56. The average Bonchev–Trinajstić information content (AvgIpc) is 2.28. The molecule has 86 valence electrons. The highest BCUT2D eigenvalue weighted by atomic mass is 19.1. The van der Waals surface area contributed by atoms with Gasteiger partial charge in [-0.25, -0.2) is 4.39 Å². The van der Waals surface area contributed by atoms with E-state index in [1.165, 1.54) is 12.1 Å². The topological polar surface area (TPSA) is 17.1 Å². The van der Waals surface area contributed by atoms with Gasteiger partial charge in [-0.2, -0.15) is 0 Å². The Morgan fingerprint density at radius 3 is 2.47 bits per heavy atom. The summed E-state index contributed by atoms with van der Waals surface area (Å²) in [5.74, 6) is -0.233. The van der Waals surface area contributed by atoms with Gasteiger partial charge in [0, 0.05) is 0 Å². The van der Waals surface area contributed by atoms with Crippen LogP contribution in [0, 0.1) is 5.82 Å². The van der Waals surface area contributed by atoms with Gasteiger partial charge in [-0.05, 0) is 41.3 Å². The van der Waals surface area contributed by atoms with Gasteiger partial charge in [-0.15, -0.1) is 0 Å². The number of aldehydes is 1. The van der Waals surface area contributed by atoms with Crippen molar-refractivity contribution >= 4 is 17.1 Å². The number of halogens is 1. The van der Waals surface area contributed by atoms with Crippen LogP contribution in [0.25, 0.3) is 10.8 Å². The molecule has 0 bridgehead atoms. The lowest BCUT2D eigenvalue weighted by Crippen LogP contribution is -2.35. The molecule has 2 aromatic rings. The average molecular weight is 228 g/mol. The molecule has 1 aliphatic carbocycles. The Morgan fingerprint density at radius 1 is 1.06 bits per heavy atom. The van der Waals surface area contributed by atoms with Gasteiger partial charge in [-0.3, -0.25) is 0 Å². The summed E-state index contributed by atoms with van der Waals surface area (Å²) < 4.78 is 13.2. The van der Waals surface area contributed by atoms with Crippen LogP contribution in [-0.4, -0.2) is 6.29 Å². The third-order valence-electron chi connectivity index (χ3n) is 3.85. The number of benzene rings is 2. The molecule has 1 fully saturated rings. The van der Waals surface area contributed by atoms with Gasteiger partial charge in [0.15, 0.2) is 0 Å². The smallest absolute Gasteiger partial charge is 0.130 e. The fourth-order valence-corrected chi connectivity index (χ4v) is 2.56. The molecule has 0 atom stereocenters. The molecule has 0 aliphatic heterocycles. The summed E-state index contributed by atoms with van der Waals surface area (Å²) in [7, 11) is 0. The zero-order valence-corrected chi connectivity index (χ0v) is 9.45. The predicted molar refractivity (Wildman–Crippen MR) is 65.5 cm³/mol. The van der Waals surface area contributed by atoms with Crippen molar-refractivity contribution in [2.45, 2.75) is 24.7 Å². The van der Waals surface area contributed by atoms with Crippen LogP contribution in [0.3, 0.4) is 0 Å². The molecule has 3 rings (SSSR count). The highest BCUT2D eigenvalue weighted by Gasteiger charge is 2.38. The van der Waals surface area contributed by atoms with Gasteiger partial charge < -0.3 is 4.79 Å². The lowest BCUT2D eigenvalue weighted by Gasteiger charge is -2.37. The fraction of sp³-hybridized carbons (Fsp3) is 0.267. The second kappa shape index (κ2) is 3.66. The first-order valence-corrected chi connectivity index (χ1v) is 5.90. The van der Waals surface area contributed by atoms with E-state index in [4.69, 9.17) is 0 Å². The monoisotopic (exact) mass is 228 g/mol. The maximum absolute atomic E-state index is 13.2. The number of fused-ring (bicyclic) bond motifs is 1. The summed E-state index contributed by atoms with van der Waals surface area (Å²) in [6, 6.07) is 10.7. The van der Waals surface area contributed by atoms with E-state index in [2.05, 4.69) is 0 Å². The number of carbonyl (C=O) groups is 1. The van der Waals surface area contributed by atoms with E-state index in [-0.39, 0.29) is 11.2 Å². The van der Waals surface area contributed by atoms with E-state index in [0.717, 1.165) is 41.9 Å². The van der Waals surface area contributed by atoms with Crippen molar-refractivity contribution in [1.82, 2.24) is 0 Å². The molecule has 17 heavy (non-hydrogen) atoms. The molecule has 0 radical (unpaired) electrons. The lowest BCUT2D eigenvalue weighted by molar-refractivity contribution is -0.115. The second-order valence-corrected chi connectivity index (χ2v) is 4.83. The van der Waals surface area contributed by atoms with Gasteiger partial charge in [0.25, 0.3) is 0 Å². The van der Waals surface area contributed by atoms with Crippen LogP contribution < -0.4 is 0 Å². The first-order valence-electron chi connectivity index (χ1n) is 5.90. The van der Waals surface area contributed by atoms with Gasteiger partial charge in [0.05, 0.1) is 5.41 Å². The van der Waals surface area contributed by atoms with Crippen LogP contribution >= 0.6 is 0 Å². The molecule has 2 heteroatoms. The first kappa shape index (κ1) is 10.5. The molecule has 1 nitrogen and oxygen atoms in total. The highest BCUT2D eigenvalue weighted by Crippen LogP contribution is 2.42. The SMILES string of the molecule is O=CC1(c2ccc3ccc(F)cc3c2)CCC1. The van der Waals surface area contributed by atoms with Crippen molar-refractivity contribution in [1.29, 1.82) is 0 Å². The highest BCUT2D eigenvalue weighted by molar-refractivity contribution is 5.85. The zero-order valence-electron chi connectivity index (χ0n) is 9.45. The summed E-state index contributed by atoms with van der Waals surface area (Å²) in [4.78, 5) is 11.2. The predicted octanol–water partition coefficient (Wildman–Crippen LogP) is 3.60. The van der Waals surface area contributed by atoms with Crippen molar-refractivity contribution in [2.24, 2.45) is 0 Å². The summed E-state index contributed by atoms with van der Waals surface area (Å²) >= 11 is 0. The van der Waals surface area contributed by atoms with Crippen LogP contribution in [-0.2, 0) is 10.2 Å². The standard InChI is InChI=1S/C15H13FO/c16-14-5-3-11-2-4-13(8-12(11)9-14)15(10-17)6-1-7-15/h2-5,8-10H,1,6-7H2. The Morgan fingerprint density at radius 2 is 1.82 bits per heavy atom. The van der Waals surface area contributed by atoms with Crippen molar-refractivity contribution in [3.63, 3.8) is 0 Å². The quantitative estimate of drug-likeness (QED) is 0.718. The van der Waals surface area contributed by atoms with E-state index in [9.17, 15) is 9.18 Å². The number of hydrogen-bond donors (Lipinski definition) is 0. The molecule has 1 aliphatic rings. The molecular weight excluding hydrogens is 215 g/mol. The summed E-state index contributed by atoms with van der Waals surface area (Å²) in [5.41, 5.74) is 0.720. The maximum Gasteiger partial charge on any atom is 0.130 e. The van der Waals surface area contributed by atoms with Gasteiger partial charge in [-0.1, -0.05) is 30.7 Å². The number of carbonyl (C=O) groups excluding carboxylic acids is 1. The minimum Gasteiger partial charge on any atom is -0.302 e. The third kappa shape index (κ3) is 1.55. The van der Waals surface area contributed by atoms with Gasteiger partial charge in [0.1, 0.15) is 12.1 Å². The summed E-state index contributed by atoms with van der Waals surface area (Å²) in [6.45, 7) is 0. The molecular formula is C15H13FO. The second-order valence-electron chi connectivity index (χ2n) is 4.83. The largest absolute Gasteiger partial charge is 0.302 e. The van der Waals surface area contributed by atoms with E-state index in [1.54, 1.807) is 6.07 Å². The molecule has 0 N–H and O–H groups in total. The molecule has 0 spiro atoms. The molecule has 0 heterocycles. The van der Waals surface area contributed by atoms with Gasteiger partial charge in [0.2, 0.25) is 0 Å². The van der Waals surface area contributed by atoms with Crippen LogP contribution in [0.4, 0.5) is 4.39 Å². The van der Waals surface area contributed by atoms with Crippen molar-refractivity contribution in [3.05, 3.63) is 47.8 Å². The van der Waals surface area contributed by atoms with Crippen molar-refractivity contribution in [2.75, 3.05) is 0 Å². The van der Waals surface area contributed by atoms with E-state index in [1.807, 2.05) is 18.2 Å². The zero-order chi connectivity index (χ0) is 11.9. The van der Waals surface area contributed by atoms with Crippen LogP contribution in [0.5, 0.6) is 0 Å². The van der Waals surface area contributed by atoms with Crippen LogP contribution in [0.15, 0.2) is 36.4 Å². The molecule has 0 saturated heterocycles.